The summed E-state index contributed by atoms with van der Waals surface area (Å²) in [5, 5.41) is 0.515. The van der Waals surface area contributed by atoms with Crippen LogP contribution in [-0.2, 0) is 0 Å². The SMILES string of the molecule is O=Cc1cccc(Cl)c1C#CCCS. The maximum atomic E-state index is 10.7. The van der Waals surface area contributed by atoms with Gasteiger partial charge in [0.2, 0.25) is 0 Å². The number of carbonyl (C=O) groups excluding carboxylic acids is 1. The van der Waals surface area contributed by atoms with Crippen molar-refractivity contribution in [2.24, 2.45) is 0 Å². The maximum absolute atomic E-state index is 10.7. The highest BCUT2D eigenvalue weighted by Gasteiger charge is 2.02. The van der Waals surface area contributed by atoms with E-state index < -0.39 is 0 Å². The normalized spacial score (nSPS) is 9.00. The third-order valence-corrected chi connectivity index (χ3v) is 2.16. The zero-order valence-electron chi connectivity index (χ0n) is 7.46. The van der Waals surface area contributed by atoms with Gasteiger partial charge in [0.05, 0.1) is 10.6 Å². The number of hydrogen-bond donors (Lipinski definition) is 1. The van der Waals surface area contributed by atoms with Crippen molar-refractivity contribution >= 4 is 30.5 Å². The van der Waals surface area contributed by atoms with Crippen molar-refractivity contribution in [2.75, 3.05) is 5.75 Å². The van der Waals surface area contributed by atoms with E-state index in [2.05, 4.69) is 24.5 Å². The van der Waals surface area contributed by atoms with Crippen molar-refractivity contribution in [1.29, 1.82) is 0 Å². The minimum absolute atomic E-state index is 0.515. The van der Waals surface area contributed by atoms with Gasteiger partial charge >= 0.3 is 0 Å². The van der Waals surface area contributed by atoms with Gasteiger partial charge in [0.25, 0.3) is 0 Å². The molecule has 0 aliphatic heterocycles. The maximum Gasteiger partial charge on any atom is 0.151 e. The van der Waals surface area contributed by atoms with Gasteiger partial charge in [-0.2, -0.15) is 12.6 Å². The topological polar surface area (TPSA) is 17.1 Å². The highest BCUT2D eigenvalue weighted by atomic mass is 35.5. The van der Waals surface area contributed by atoms with E-state index in [1.807, 2.05) is 0 Å². The summed E-state index contributed by atoms with van der Waals surface area (Å²) >= 11 is 9.94. The second kappa shape index (κ2) is 5.74. The van der Waals surface area contributed by atoms with Crippen LogP contribution in [0.3, 0.4) is 0 Å². The van der Waals surface area contributed by atoms with Gasteiger partial charge < -0.3 is 0 Å². The van der Waals surface area contributed by atoms with Crippen molar-refractivity contribution in [3.05, 3.63) is 34.3 Å². The molecule has 0 N–H and O–H groups in total. The summed E-state index contributed by atoms with van der Waals surface area (Å²) in [4.78, 5) is 10.7. The van der Waals surface area contributed by atoms with Gasteiger partial charge in [-0.3, -0.25) is 4.79 Å². The van der Waals surface area contributed by atoms with Crippen LogP contribution in [-0.4, -0.2) is 12.0 Å². The molecule has 1 aromatic carbocycles. The van der Waals surface area contributed by atoms with E-state index in [-0.39, 0.29) is 0 Å². The third-order valence-electron chi connectivity index (χ3n) is 1.62. The zero-order chi connectivity index (χ0) is 10.4. The number of aldehydes is 1. The summed E-state index contributed by atoms with van der Waals surface area (Å²) in [6, 6.07) is 5.15. The molecule has 0 aliphatic carbocycles. The predicted molar refractivity (Wildman–Crippen MR) is 62.2 cm³/mol. The quantitative estimate of drug-likeness (QED) is 0.465. The molecule has 0 saturated heterocycles. The van der Waals surface area contributed by atoms with Gasteiger partial charge in [0.1, 0.15) is 0 Å². The van der Waals surface area contributed by atoms with Crippen LogP contribution < -0.4 is 0 Å². The first-order valence-corrected chi connectivity index (χ1v) is 5.14. The lowest BCUT2D eigenvalue weighted by Gasteiger charge is -1.98. The molecule has 0 spiro atoms. The Labute approximate surface area is 93.9 Å². The summed E-state index contributed by atoms with van der Waals surface area (Å²) in [5.74, 6) is 6.47. The van der Waals surface area contributed by atoms with E-state index in [9.17, 15) is 4.79 Å². The lowest BCUT2D eigenvalue weighted by Crippen LogP contribution is -1.87. The Morgan fingerprint density at radius 3 is 2.93 bits per heavy atom. The molecule has 0 amide bonds. The van der Waals surface area contributed by atoms with Crippen LogP contribution in [0, 0.1) is 11.8 Å². The fourth-order valence-corrected chi connectivity index (χ4v) is 1.32. The molecule has 72 valence electrons. The standard InChI is InChI=1S/C11H9ClOS/c12-11-6-3-4-9(8-13)10(11)5-1-2-7-14/h3-4,6,8,14H,2,7H2. The van der Waals surface area contributed by atoms with Gasteiger partial charge in [-0.05, 0) is 6.07 Å². The molecular weight excluding hydrogens is 216 g/mol. The zero-order valence-corrected chi connectivity index (χ0v) is 9.11. The van der Waals surface area contributed by atoms with Crippen molar-refractivity contribution in [1.82, 2.24) is 0 Å². The Kier molecular flexibility index (Phi) is 4.58. The summed E-state index contributed by atoms with van der Waals surface area (Å²) in [5.41, 5.74) is 1.13. The highest BCUT2D eigenvalue weighted by Crippen LogP contribution is 2.17. The number of benzene rings is 1. The number of halogens is 1. The Morgan fingerprint density at radius 2 is 2.29 bits per heavy atom. The molecule has 0 aliphatic rings. The fraction of sp³-hybridized carbons (Fsp3) is 0.182. The molecule has 0 radical (unpaired) electrons. The molecule has 0 fully saturated rings. The second-order valence-electron chi connectivity index (χ2n) is 2.60. The van der Waals surface area contributed by atoms with E-state index >= 15 is 0 Å². The first kappa shape index (κ1) is 11.2. The molecule has 0 atom stereocenters. The largest absolute Gasteiger partial charge is 0.298 e. The molecule has 0 aromatic heterocycles. The molecule has 1 nitrogen and oxygen atoms in total. The molecule has 1 rings (SSSR count). The van der Waals surface area contributed by atoms with Crippen molar-refractivity contribution in [3.63, 3.8) is 0 Å². The Balaban J connectivity index is 3.06. The van der Waals surface area contributed by atoms with Crippen LogP contribution in [0.2, 0.25) is 5.02 Å². The summed E-state index contributed by atoms with van der Waals surface area (Å²) < 4.78 is 0. The minimum atomic E-state index is 0.515. The van der Waals surface area contributed by atoms with Gasteiger partial charge in [-0.15, -0.1) is 0 Å². The van der Waals surface area contributed by atoms with Gasteiger partial charge in [0, 0.05) is 17.7 Å². The monoisotopic (exact) mass is 224 g/mol. The average Bonchev–Trinajstić information content (AvgIpc) is 2.20. The molecule has 0 heterocycles. The third kappa shape index (κ3) is 2.80. The molecule has 14 heavy (non-hydrogen) atoms. The molecule has 3 heteroatoms. The van der Waals surface area contributed by atoms with Crippen LogP contribution in [0.1, 0.15) is 22.3 Å². The van der Waals surface area contributed by atoms with E-state index in [1.54, 1.807) is 18.2 Å². The first-order valence-electron chi connectivity index (χ1n) is 4.13. The van der Waals surface area contributed by atoms with Crippen molar-refractivity contribution in [2.45, 2.75) is 6.42 Å². The number of thiol groups is 1. The summed E-state index contributed by atoms with van der Waals surface area (Å²) in [6.45, 7) is 0. The van der Waals surface area contributed by atoms with Crippen LogP contribution in [0.5, 0.6) is 0 Å². The van der Waals surface area contributed by atoms with Gasteiger partial charge in [0.15, 0.2) is 6.29 Å². The Hall–Kier alpha value is -0.910. The fourth-order valence-electron chi connectivity index (χ4n) is 0.978. The lowest BCUT2D eigenvalue weighted by atomic mass is 10.1. The highest BCUT2D eigenvalue weighted by molar-refractivity contribution is 7.80. The van der Waals surface area contributed by atoms with Crippen LogP contribution in [0.4, 0.5) is 0 Å². The van der Waals surface area contributed by atoms with E-state index in [0.29, 0.717) is 28.3 Å². The molecular formula is C11H9ClOS. The lowest BCUT2D eigenvalue weighted by molar-refractivity contribution is 0.112. The van der Waals surface area contributed by atoms with Crippen molar-refractivity contribution < 1.29 is 4.79 Å². The van der Waals surface area contributed by atoms with Crippen LogP contribution >= 0.6 is 24.2 Å². The minimum Gasteiger partial charge on any atom is -0.298 e. The number of carbonyl (C=O) groups is 1. The first-order chi connectivity index (χ1) is 6.79. The van der Waals surface area contributed by atoms with Crippen molar-refractivity contribution in [3.8, 4) is 11.8 Å². The molecule has 0 bridgehead atoms. The Morgan fingerprint density at radius 1 is 1.50 bits per heavy atom. The summed E-state index contributed by atoms with van der Waals surface area (Å²) in [7, 11) is 0. The number of hydrogen-bond acceptors (Lipinski definition) is 2. The van der Waals surface area contributed by atoms with Gasteiger partial charge in [-0.1, -0.05) is 35.6 Å². The Bertz CT molecular complexity index is 390. The van der Waals surface area contributed by atoms with E-state index in [4.69, 9.17) is 11.6 Å². The molecule has 0 saturated carbocycles. The predicted octanol–water partition coefficient (Wildman–Crippen LogP) is 2.82. The smallest absolute Gasteiger partial charge is 0.151 e. The molecule has 0 unspecified atom stereocenters. The van der Waals surface area contributed by atoms with Crippen LogP contribution in [0.25, 0.3) is 0 Å². The number of rotatable bonds is 2. The van der Waals surface area contributed by atoms with E-state index in [0.717, 1.165) is 6.29 Å². The van der Waals surface area contributed by atoms with E-state index in [1.165, 1.54) is 0 Å². The van der Waals surface area contributed by atoms with Crippen LogP contribution in [0.15, 0.2) is 18.2 Å². The average molecular weight is 225 g/mol. The molecule has 1 aromatic rings. The summed E-state index contributed by atoms with van der Waals surface area (Å²) in [6.07, 6.45) is 1.45. The second-order valence-corrected chi connectivity index (χ2v) is 3.45. The van der Waals surface area contributed by atoms with Gasteiger partial charge in [-0.25, -0.2) is 0 Å².